The van der Waals surface area contributed by atoms with Gasteiger partial charge >= 0.3 is 0 Å². The monoisotopic (exact) mass is 842 g/mol. The van der Waals surface area contributed by atoms with Crippen molar-refractivity contribution in [3.05, 3.63) is 125 Å². The highest BCUT2D eigenvalue weighted by atomic mass is 19.1. The molecule has 1 unspecified atom stereocenters. The zero-order chi connectivity index (χ0) is 43.5. The highest BCUT2D eigenvalue weighted by Gasteiger charge is 2.37. The first-order valence-corrected chi connectivity index (χ1v) is 22.8. The van der Waals surface area contributed by atoms with Crippen molar-refractivity contribution in [2.45, 2.75) is 103 Å². The van der Waals surface area contributed by atoms with Gasteiger partial charge in [0, 0.05) is 84.0 Å². The molecule has 0 aliphatic carbocycles. The number of hydrogen-bond donors (Lipinski definition) is 3. The summed E-state index contributed by atoms with van der Waals surface area (Å²) in [5, 5.41) is 6.70. The molecule has 62 heavy (non-hydrogen) atoms. The molecule has 4 N–H and O–H groups in total. The van der Waals surface area contributed by atoms with E-state index in [1.807, 2.05) is 26.1 Å². The van der Waals surface area contributed by atoms with Crippen LogP contribution in [-0.4, -0.2) is 69.8 Å². The third kappa shape index (κ3) is 9.59. The molecule has 4 aliphatic heterocycles. The number of aryl methyl sites for hydroxylation is 1. The number of aliphatic imine (C=N–C) groups is 1. The van der Waals surface area contributed by atoms with E-state index in [-0.39, 0.29) is 11.5 Å². The Bertz CT molecular complexity index is 2370. The van der Waals surface area contributed by atoms with Gasteiger partial charge in [-0.25, -0.2) is 13.8 Å². The van der Waals surface area contributed by atoms with Gasteiger partial charge in [0.15, 0.2) is 0 Å². The summed E-state index contributed by atoms with van der Waals surface area (Å²) in [5.74, 6) is -0.0658. The third-order valence-corrected chi connectivity index (χ3v) is 14.2. The number of allylic oxidation sites excluding steroid dienone is 3. The molecule has 0 saturated carbocycles. The number of benzene rings is 2. The Morgan fingerprint density at radius 2 is 1.61 bits per heavy atom. The molecule has 2 aromatic carbocycles. The van der Waals surface area contributed by atoms with Gasteiger partial charge in [-0.1, -0.05) is 39.1 Å². The Labute approximate surface area is 367 Å². The molecular formula is C51H65F2N9. The lowest BCUT2D eigenvalue weighted by Gasteiger charge is -2.47. The molecule has 11 heteroatoms. The number of pyridine rings is 1. The third-order valence-electron chi connectivity index (χ3n) is 14.2. The number of halogens is 2. The maximum absolute atomic E-state index is 15.3. The van der Waals surface area contributed by atoms with Crippen LogP contribution in [0.2, 0.25) is 0 Å². The Morgan fingerprint density at radius 1 is 0.887 bits per heavy atom. The lowest BCUT2D eigenvalue weighted by atomic mass is 9.71. The largest absolute Gasteiger partial charge is 0.404 e. The van der Waals surface area contributed by atoms with Crippen LogP contribution in [0.25, 0.3) is 22.3 Å². The molecule has 0 amide bonds. The average molecular weight is 842 g/mol. The zero-order valence-electron chi connectivity index (χ0n) is 37.1. The van der Waals surface area contributed by atoms with E-state index in [9.17, 15) is 0 Å². The van der Waals surface area contributed by atoms with Crippen LogP contribution in [0.4, 0.5) is 14.7 Å². The smallest absolute Gasteiger partial charge is 0.208 e. The Hall–Kier alpha value is -5.13. The minimum absolute atomic E-state index is 0.125. The number of nitrogens with one attached hydrogen (secondary N) is 2. The van der Waals surface area contributed by atoms with Crippen molar-refractivity contribution in [3.63, 3.8) is 0 Å². The Kier molecular flexibility index (Phi) is 13.1. The second-order valence-electron chi connectivity index (χ2n) is 18.6. The van der Waals surface area contributed by atoms with Crippen molar-refractivity contribution < 1.29 is 8.78 Å². The number of nitrogens with zero attached hydrogens (tertiary/aromatic N) is 6. The highest BCUT2D eigenvalue weighted by Crippen LogP contribution is 2.42. The van der Waals surface area contributed by atoms with Crippen molar-refractivity contribution in [2.24, 2.45) is 22.1 Å². The molecule has 2 aromatic heterocycles. The topological polar surface area (TPSA) is 99.6 Å². The molecule has 2 bridgehead atoms. The lowest BCUT2D eigenvalue weighted by molar-refractivity contribution is 0.0328. The van der Waals surface area contributed by atoms with E-state index in [0.29, 0.717) is 36.3 Å². The molecule has 4 aliphatic rings. The summed E-state index contributed by atoms with van der Waals surface area (Å²) in [6.07, 6.45) is 12.4. The van der Waals surface area contributed by atoms with Crippen molar-refractivity contribution >= 4 is 34.0 Å². The van der Waals surface area contributed by atoms with Crippen LogP contribution in [0.5, 0.6) is 0 Å². The normalized spacial score (nSPS) is 23.3. The maximum Gasteiger partial charge on any atom is 0.208 e. The van der Waals surface area contributed by atoms with Crippen LogP contribution in [0.15, 0.2) is 84.8 Å². The molecule has 328 valence electrons. The number of nitrogens with two attached hydrogens (primary N) is 1. The standard InChI is InChI=1S/C51H65F2N9/c1-33-9-7-8-10-45(55-6)42(30-54)47-29-40(25-35(3)57-47)36(4)58-50-59-46-14-12-39(28-48(46)62(50)31-33)32-61-23-18-51(19-24-61)16-21-60(22-17-51)20-15-38-26-43(52)49(44(53)27-38)41-13-11-34(2)56-37(41)5/h12,14,25-30,33,41,56H,2,4-5,7-11,13,15-24,31-32,54H2,1,3,6H3,(H,58,59)/t33-,41?/m1/s1. The van der Waals surface area contributed by atoms with Crippen LogP contribution in [-0.2, 0) is 19.5 Å². The minimum Gasteiger partial charge on any atom is -0.404 e. The summed E-state index contributed by atoms with van der Waals surface area (Å²) in [4.78, 5) is 19.7. The number of rotatable bonds is 6. The molecule has 9 nitrogen and oxygen atoms in total. The molecular weight excluding hydrogens is 777 g/mol. The van der Waals surface area contributed by atoms with Crippen LogP contribution in [0.3, 0.4) is 0 Å². The van der Waals surface area contributed by atoms with E-state index in [1.165, 1.54) is 43.4 Å². The SMILES string of the molecule is C=C1CCC(c2c(F)cc(CCN3CCC4(CC3)CCN(Cc3ccc5nc6n(c5c3)C[C@H](C)CCCCC(=NC)C(=CN)c3cc(cc(C)n3)C(=C)N6)CC4)cc2F)C(=C)N1. The summed E-state index contributed by atoms with van der Waals surface area (Å²) in [5.41, 5.74) is 17.6. The summed E-state index contributed by atoms with van der Waals surface area (Å²) in [7, 11) is 1.84. The van der Waals surface area contributed by atoms with Gasteiger partial charge in [-0.2, -0.15) is 0 Å². The van der Waals surface area contributed by atoms with Crippen LogP contribution < -0.4 is 16.4 Å². The van der Waals surface area contributed by atoms with Gasteiger partial charge in [0.25, 0.3) is 0 Å². The van der Waals surface area contributed by atoms with Crippen molar-refractivity contribution in [3.8, 4) is 0 Å². The second-order valence-corrected chi connectivity index (χ2v) is 18.6. The predicted octanol–water partition coefficient (Wildman–Crippen LogP) is 10.1. The van der Waals surface area contributed by atoms with E-state index >= 15 is 8.78 Å². The van der Waals surface area contributed by atoms with Gasteiger partial charge in [-0.05, 0) is 156 Å². The number of likely N-dealkylation sites (tertiary alicyclic amines) is 2. The number of imidazole rings is 1. The molecule has 4 aromatic rings. The van der Waals surface area contributed by atoms with E-state index in [4.69, 9.17) is 15.7 Å². The van der Waals surface area contributed by atoms with Crippen LogP contribution >= 0.6 is 0 Å². The fraction of sp³-hybridized carbons (Fsp3) is 0.471. The van der Waals surface area contributed by atoms with Gasteiger partial charge in [-0.3, -0.25) is 14.9 Å². The molecule has 0 radical (unpaired) electrons. The summed E-state index contributed by atoms with van der Waals surface area (Å²) < 4.78 is 33.0. The zero-order valence-corrected chi connectivity index (χ0v) is 37.1. The van der Waals surface area contributed by atoms with E-state index in [1.54, 1.807) is 6.20 Å². The molecule has 6 heterocycles. The van der Waals surface area contributed by atoms with Gasteiger partial charge in [-0.15, -0.1) is 0 Å². The van der Waals surface area contributed by atoms with E-state index in [0.717, 1.165) is 134 Å². The van der Waals surface area contributed by atoms with Crippen molar-refractivity contribution in [2.75, 3.05) is 45.1 Å². The molecule has 1 spiro atoms. The van der Waals surface area contributed by atoms with Gasteiger partial charge in [0.1, 0.15) is 11.6 Å². The van der Waals surface area contributed by atoms with Crippen molar-refractivity contribution in [1.82, 2.24) is 29.7 Å². The quantitative estimate of drug-likeness (QED) is 0.178. The molecule has 3 fully saturated rings. The van der Waals surface area contributed by atoms with Crippen molar-refractivity contribution in [1.29, 1.82) is 0 Å². The fourth-order valence-electron chi connectivity index (χ4n) is 10.4. The maximum atomic E-state index is 15.3. The average Bonchev–Trinajstić information content (AvgIpc) is 3.57. The predicted molar refractivity (Wildman–Crippen MR) is 251 cm³/mol. The summed E-state index contributed by atoms with van der Waals surface area (Å²) in [6, 6.07) is 13.9. The molecule has 3 saturated heterocycles. The number of aromatic nitrogens is 3. The minimum atomic E-state index is -0.470. The van der Waals surface area contributed by atoms with Gasteiger partial charge < -0.3 is 25.8 Å². The number of fused-ring (bicyclic) bond motifs is 5. The second kappa shape index (κ2) is 18.7. The van der Waals surface area contributed by atoms with Gasteiger partial charge in [0.05, 0.1) is 16.7 Å². The summed E-state index contributed by atoms with van der Waals surface area (Å²) in [6.45, 7) is 23.6. The summed E-state index contributed by atoms with van der Waals surface area (Å²) >= 11 is 0. The van der Waals surface area contributed by atoms with Crippen LogP contribution in [0.1, 0.15) is 111 Å². The Balaban J connectivity index is 0.889. The molecule has 8 rings (SSSR count). The first-order valence-electron chi connectivity index (χ1n) is 22.8. The number of hydrogen-bond acceptors (Lipinski definition) is 8. The highest BCUT2D eigenvalue weighted by molar-refractivity contribution is 6.23. The molecule has 2 atom stereocenters. The lowest BCUT2D eigenvalue weighted by Crippen LogP contribution is -2.46. The fourth-order valence-corrected chi connectivity index (χ4v) is 10.4. The first kappa shape index (κ1) is 43.5. The number of anilines is 1. The van der Waals surface area contributed by atoms with Crippen LogP contribution in [0, 0.1) is 29.9 Å². The van der Waals surface area contributed by atoms with E-state index in [2.05, 4.69) is 74.9 Å². The first-order chi connectivity index (χ1) is 29.9. The van der Waals surface area contributed by atoms with Gasteiger partial charge in [0.2, 0.25) is 5.95 Å². The Morgan fingerprint density at radius 3 is 2.31 bits per heavy atom. The van der Waals surface area contributed by atoms with E-state index < -0.39 is 11.6 Å². The number of piperidine rings is 3.